The van der Waals surface area contributed by atoms with E-state index in [9.17, 15) is 4.57 Å². The van der Waals surface area contributed by atoms with Gasteiger partial charge in [0.05, 0.1) is 7.14 Å². The van der Waals surface area contributed by atoms with Gasteiger partial charge in [-0.05, 0) is 20.3 Å². The molecule has 1 rings (SSSR count). The molecule has 0 radical (unpaired) electrons. The van der Waals surface area contributed by atoms with Gasteiger partial charge in [-0.15, -0.1) is 0 Å². The first kappa shape index (κ1) is 13.3. The molecule has 15 heavy (non-hydrogen) atoms. The van der Waals surface area contributed by atoms with Gasteiger partial charge in [0.15, 0.2) is 0 Å². The molecule has 0 N–H and O–H groups in total. The number of halogens is 1. The standard InChI is InChI=1S/C11H20ClO2P/c1-4-7-15(13)8-6-10(12)11(3,9-15)14-5-2/h6H,4-5,7-9H2,1-3H3. The summed E-state index contributed by atoms with van der Waals surface area (Å²) in [5.74, 6) is 0. The number of hydrogen-bond donors (Lipinski definition) is 0. The highest BCUT2D eigenvalue weighted by molar-refractivity contribution is 7.64. The summed E-state index contributed by atoms with van der Waals surface area (Å²) in [6, 6.07) is 0. The fraction of sp³-hybridized carbons (Fsp3) is 0.818. The Morgan fingerprint density at radius 1 is 1.60 bits per heavy atom. The minimum atomic E-state index is -2.09. The van der Waals surface area contributed by atoms with Crippen molar-refractivity contribution in [2.24, 2.45) is 0 Å². The highest BCUT2D eigenvalue weighted by atomic mass is 35.5. The van der Waals surface area contributed by atoms with Crippen molar-refractivity contribution in [1.82, 2.24) is 0 Å². The van der Waals surface area contributed by atoms with E-state index in [2.05, 4.69) is 6.92 Å². The summed E-state index contributed by atoms with van der Waals surface area (Å²) in [5.41, 5.74) is -0.515. The summed E-state index contributed by atoms with van der Waals surface area (Å²) in [7, 11) is -2.09. The van der Waals surface area contributed by atoms with Crippen LogP contribution in [-0.4, -0.2) is 30.7 Å². The Labute approximate surface area is 97.4 Å². The molecular weight excluding hydrogens is 231 g/mol. The van der Waals surface area contributed by atoms with Crippen molar-refractivity contribution in [3.8, 4) is 0 Å². The van der Waals surface area contributed by atoms with Crippen LogP contribution in [0.3, 0.4) is 0 Å². The van der Waals surface area contributed by atoms with Gasteiger partial charge in [0.1, 0.15) is 5.60 Å². The van der Waals surface area contributed by atoms with Crippen LogP contribution in [-0.2, 0) is 9.30 Å². The lowest BCUT2D eigenvalue weighted by atomic mass is 10.1. The third-order valence-electron chi connectivity index (χ3n) is 2.79. The molecule has 0 aromatic carbocycles. The first-order chi connectivity index (χ1) is 6.96. The fourth-order valence-corrected chi connectivity index (χ4v) is 5.72. The van der Waals surface area contributed by atoms with Crippen LogP contribution in [0.2, 0.25) is 0 Å². The minimum Gasteiger partial charge on any atom is -0.369 e. The lowest BCUT2D eigenvalue weighted by Crippen LogP contribution is -2.37. The average Bonchev–Trinajstić information content (AvgIpc) is 2.13. The van der Waals surface area contributed by atoms with Gasteiger partial charge in [-0.25, -0.2) is 0 Å². The third-order valence-corrected chi connectivity index (χ3v) is 6.64. The Morgan fingerprint density at radius 3 is 2.80 bits per heavy atom. The first-order valence-corrected chi connectivity index (χ1v) is 8.17. The Hall–Kier alpha value is 0.220. The summed E-state index contributed by atoms with van der Waals surface area (Å²) < 4.78 is 18.1. The first-order valence-electron chi connectivity index (χ1n) is 5.53. The molecule has 0 saturated carbocycles. The third kappa shape index (κ3) is 3.09. The van der Waals surface area contributed by atoms with Gasteiger partial charge in [0.25, 0.3) is 0 Å². The summed E-state index contributed by atoms with van der Waals surface area (Å²) >= 11 is 6.15. The molecule has 0 aliphatic carbocycles. The Morgan fingerprint density at radius 2 is 2.27 bits per heavy atom. The van der Waals surface area contributed by atoms with Crippen LogP contribution in [0.4, 0.5) is 0 Å². The smallest absolute Gasteiger partial charge is 0.107 e. The van der Waals surface area contributed by atoms with Crippen molar-refractivity contribution in [2.75, 3.05) is 25.1 Å². The highest BCUT2D eigenvalue weighted by Crippen LogP contribution is 2.54. The molecule has 1 aliphatic heterocycles. The molecule has 2 unspecified atom stereocenters. The number of ether oxygens (including phenoxy) is 1. The van der Waals surface area contributed by atoms with Crippen LogP contribution >= 0.6 is 18.7 Å². The van der Waals surface area contributed by atoms with Crippen LogP contribution in [0.25, 0.3) is 0 Å². The molecule has 1 aliphatic rings. The summed E-state index contributed by atoms with van der Waals surface area (Å²) in [6.07, 6.45) is 4.89. The van der Waals surface area contributed by atoms with Crippen LogP contribution in [0.1, 0.15) is 27.2 Å². The summed E-state index contributed by atoms with van der Waals surface area (Å²) in [5, 5.41) is 0.715. The summed E-state index contributed by atoms with van der Waals surface area (Å²) in [6.45, 7) is 6.55. The quantitative estimate of drug-likeness (QED) is 0.712. The van der Waals surface area contributed by atoms with Crippen molar-refractivity contribution in [2.45, 2.75) is 32.8 Å². The molecule has 0 saturated heterocycles. The maximum Gasteiger partial charge on any atom is 0.107 e. The zero-order chi connectivity index (χ0) is 11.5. The molecule has 2 nitrogen and oxygen atoms in total. The van der Waals surface area contributed by atoms with Crippen LogP contribution in [0.5, 0.6) is 0 Å². The van der Waals surface area contributed by atoms with E-state index in [1.807, 2.05) is 19.9 Å². The second-order valence-corrected chi connectivity index (χ2v) is 7.99. The van der Waals surface area contributed by atoms with E-state index in [0.717, 1.165) is 12.6 Å². The van der Waals surface area contributed by atoms with E-state index in [1.54, 1.807) is 0 Å². The maximum atomic E-state index is 12.5. The van der Waals surface area contributed by atoms with E-state index in [4.69, 9.17) is 16.3 Å². The maximum absolute atomic E-state index is 12.5. The second-order valence-electron chi connectivity index (χ2n) is 4.34. The molecule has 4 heteroatoms. The van der Waals surface area contributed by atoms with Gasteiger partial charge >= 0.3 is 0 Å². The molecule has 0 fully saturated rings. The van der Waals surface area contributed by atoms with Crippen LogP contribution in [0, 0.1) is 0 Å². The Bertz CT molecular complexity index is 301. The van der Waals surface area contributed by atoms with Crippen molar-refractivity contribution in [3.05, 3.63) is 11.1 Å². The predicted molar refractivity (Wildman–Crippen MR) is 66.5 cm³/mol. The topological polar surface area (TPSA) is 26.3 Å². The highest BCUT2D eigenvalue weighted by Gasteiger charge is 2.40. The van der Waals surface area contributed by atoms with Gasteiger partial charge in [0.2, 0.25) is 0 Å². The van der Waals surface area contributed by atoms with Gasteiger partial charge in [0, 0.05) is 30.1 Å². The lowest BCUT2D eigenvalue weighted by Gasteiger charge is -2.36. The van der Waals surface area contributed by atoms with E-state index < -0.39 is 12.7 Å². The molecule has 0 bridgehead atoms. The van der Waals surface area contributed by atoms with Crippen LogP contribution in [0.15, 0.2) is 11.1 Å². The molecule has 0 aromatic rings. The van der Waals surface area contributed by atoms with Gasteiger partial charge in [-0.3, -0.25) is 0 Å². The number of allylic oxidation sites excluding steroid dienone is 1. The molecule has 88 valence electrons. The predicted octanol–water partition coefficient (Wildman–Crippen LogP) is 3.69. The number of hydrogen-bond acceptors (Lipinski definition) is 2. The Balaban J connectivity index is 2.87. The minimum absolute atomic E-state index is 0.515. The normalized spacial score (nSPS) is 36.4. The summed E-state index contributed by atoms with van der Waals surface area (Å²) in [4.78, 5) is 0. The average molecular weight is 251 g/mol. The lowest BCUT2D eigenvalue weighted by molar-refractivity contribution is 0.0261. The number of rotatable bonds is 4. The van der Waals surface area contributed by atoms with Crippen LogP contribution < -0.4 is 0 Å². The van der Waals surface area contributed by atoms with Crippen molar-refractivity contribution in [1.29, 1.82) is 0 Å². The molecule has 0 amide bonds. The van der Waals surface area contributed by atoms with E-state index >= 15 is 0 Å². The molecular formula is C11H20ClO2P. The molecule has 2 atom stereocenters. The van der Waals surface area contributed by atoms with Crippen molar-refractivity contribution < 1.29 is 9.30 Å². The second kappa shape index (κ2) is 5.03. The van der Waals surface area contributed by atoms with Crippen molar-refractivity contribution >= 4 is 18.7 Å². The van der Waals surface area contributed by atoms with Crippen molar-refractivity contribution in [3.63, 3.8) is 0 Å². The van der Waals surface area contributed by atoms with Gasteiger partial charge < -0.3 is 9.30 Å². The fourth-order valence-electron chi connectivity index (χ4n) is 2.16. The van der Waals surface area contributed by atoms with E-state index in [1.165, 1.54) is 0 Å². The zero-order valence-corrected chi connectivity index (χ0v) is 11.4. The van der Waals surface area contributed by atoms with E-state index in [-0.39, 0.29) is 0 Å². The monoisotopic (exact) mass is 250 g/mol. The van der Waals surface area contributed by atoms with Gasteiger partial charge in [-0.2, -0.15) is 0 Å². The zero-order valence-electron chi connectivity index (χ0n) is 9.75. The van der Waals surface area contributed by atoms with E-state index in [0.29, 0.717) is 24.0 Å². The molecule has 1 heterocycles. The van der Waals surface area contributed by atoms with Gasteiger partial charge in [-0.1, -0.05) is 24.6 Å². The molecule has 0 spiro atoms. The largest absolute Gasteiger partial charge is 0.369 e. The SMILES string of the molecule is CCCP1(=O)CC=C(Cl)C(C)(OCC)C1. The Kier molecular flexibility index (Phi) is 4.46. The molecule has 0 aromatic heterocycles.